The summed E-state index contributed by atoms with van der Waals surface area (Å²) in [6.07, 6.45) is 0. The average molecular weight is 368 g/mol. The number of aryl methyl sites for hydroxylation is 1. The normalized spacial score (nSPS) is 10.5. The molecule has 2 aromatic carbocycles. The smallest absolute Gasteiger partial charge is 0.288 e. The molecule has 0 aliphatic rings. The molecule has 0 radical (unpaired) electrons. The van der Waals surface area contributed by atoms with Crippen LogP contribution in [0.15, 0.2) is 53.4 Å². The monoisotopic (exact) mass is 368 g/mol. The van der Waals surface area contributed by atoms with Crippen molar-refractivity contribution in [2.75, 3.05) is 18.5 Å². The predicted molar refractivity (Wildman–Crippen MR) is 99.2 cm³/mol. The van der Waals surface area contributed by atoms with Crippen LogP contribution in [0.25, 0.3) is 0 Å². The molecule has 0 fully saturated rings. The van der Waals surface area contributed by atoms with Crippen molar-refractivity contribution < 1.29 is 13.5 Å². The minimum Gasteiger partial charge on any atom is -0.492 e. The van der Waals surface area contributed by atoms with Gasteiger partial charge in [-0.25, -0.2) is 0 Å². The maximum atomic E-state index is 12.3. The molecule has 0 atom stereocenters. The number of nitrogens with one attached hydrogen (secondary N) is 2. The highest BCUT2D eigenvalue weighted by Crippen LogP contribution is 2.26. The molecule has 128 valence electrons. The molecule has 0 aliphatic heterocycles. The molecule has 2 aromatic rings. The molecule has 0 saturated heterocycles. The molecule has 0 amide bonds. The number of alkyl halides is 2. The van der Waals surface area contributed by atoms with Crippen molar-refractivity contribution in [1.82, 2.24) is 5.32 Å². The molecule has 0 aromatic heterocycles. The van der Waals surface area contributed by atoms with E-state index in [2.05, 4.69) is 10.6 Å². The maximum absolute atomic E-state index is 12.3. The Kier molecular flexibility index (Phi) is 7.27. The van der Waals surface area contributed by atoms with E-state index in [1.165, 1.54) is 5.56 Å². The number of anilines is 1. The van der Waals surface area contributed by atoms with Crippen LogP contribution in [0.3, 0.4) is 0 Å². The summed E-state index contributed by atoms with van der Waals surface area (Å²) in [6.45, 7) is 3.06. The second-order valence-electron chi connectivity index (χ2n) is 4.95. The number of ether oxygens (including phenoxy) is 1. The van der Waals surface area contributed by atoms with Gasteiger partial charge in [0.2, 0.25) is 0 Å². The van der Waals surface area contributed by atoms with E-state index in [0.717, 1.165) is 11.4 Å². The number of rotatable bonds is 7. The van der Waals surface area contributed by atoms with Gasteiger partial charge < -0.3 is 15.4 Å². The lowest BCUT2D eigenvalue weighted by molar-refractivity contribution is 0.252. The van der Waals surface area contributed by atoms with E-state index in [1.54, 1.807) is 24.3 Å². The number of thioether (sulfide) groups is 1. The number of benzene rings is 2. The van der Waals surface area contributed by atoms with E-state index < -0.39 is 5.76 Å². The van der Waals surface area contributed by atoms with Crippen LogP contribution in [-0.4, -0.2) is 24.0 Å². The molecule has 24 heavy (non-hydrogen) atoms. The lowest BCUT2D eigenvalue weighted by Gasteiger charge is -2.12. The van der Waals surface area contributed by atoms with Crippen LogP contribution in [0, 0.1) is 6.92 Å². The Morgan fingerprint density at radius 3 is 2.42 bits per heavy atom. The Morgan fingerprint density at radius 1 is 1.12 bits per heavy atom. The van der Waals surface area contributed by atoms with Crippen LogP contribution in [0.5, 0.6) is 5.75 Å². The van der Waals surface area contributed by atoms with E-state index in [4.69, 9.17) is 17.0 Å². The number of hydrogen-bond donors (Lipinski definition) is 2. The molecule has 0 spiro atoms. The second-order valence-corrected chi connectivity index (χ2v) is 6.42. The van der Waals surface area contributed by atoms with Gasteiger partial charge in [-0.05, 0) is 55.5 Å². The number of thiocarbonyl (C=S) groups is 1. The summed E-state index contributed by atoms with van der Waals surface area (Å²) in [5.74, 6) is -1.60. The highest BCUT2D eigenvalue weighted by molar-refractivity contribution is 7.99. The summed E-state index contributed by atoms with van der Waals surface area (Å²) in [5.41, 5.74) is 1.93. The minimum absolute atomic E-state index is 0.455. The maximum Gasteiger partial charge on any atom is 0.288 e. The number of halogens is 2. The SMILES string of the molecule is Cc1ccc(OCCNC(=S)Nc2ccc(SC(F)F)cc2)cc1. The second kappa shape index (κ2) is 9.44. The van der Waals surface area contributed by atoms with Gasteiger partial charge in [0.15, 0.2) is 5.11 Å². The van der Waals surface area contributed by atoms with E-state index in [0.29, 0.717) is 34.9 Å². The Bertz CT molecular complexity index is 649. The fourth-order valence-electron chi connectivity index (χ4n) is 1.86. The fraction of sp³-hybridized carbons (Fsp3) is 0.235. The van der Waals surface area contributed by atoms with Gasteiger partial charge in [-0.1, -0.05) is 29.5 Å². The third-order valence-corrected chi connectivity index (χ3v) is 3.98. The standard InChI is InChI=1S/C17H18F2N2OS2/c1-12-2-6-14(7-3-12)22-11-10-20-17(23)21-13-4-8-15(9-5-13)24-16(18)19/h2-9,16H,10-11H2,1H3,(H2,20,21,23). The first-order valence-electron chi connectivity index (χ1n) is 7.32. The van der Waals surface area contributed by atoms with Gasteiger partial charge >= 0.3 is 0 Å². The molecule has 7 heteroatoms. The highest BCUT2D eigenvalue weighted by Gasteiger charge is 2.05. The molecule has 0 aliphatic carbocycles. The summed E-state index contributed by atoms with van der Waals surface area (Å²) < 4.78 is 30.1. The van der Waals surface area contributed by atoms with Crippen molar-refractivity contribution in [3.8, 4) is 5.75 Å². The molecule has 0 saturated carbocycles. The minimum atomic E-state index is -2.42. The molecule has 3 nitrogen and oxygen atoms in total. The Morgan fingerprint density at radius 2 is 1.79 bits per heavy atom. The summed E-state index contributed by atoms with van der Waals surface area (Å²) in [4.78, 5) is 0.515. The van der Waals surface area contributed by atoms with Gasteiger partial charge in [0, 0.05) is 10.6 Å². The van der Waals surface area contributed by atoms with Gasteiger partial charge in [-0.15, -0.1) is 0 Å². The quantitative estimate of drug-likeness (QED) is 0.421. The predicted octanol–water partition coefficient (Wildman–Crippen LogP) is 4.68. The summed E-state index contributed by atoms with van der Waals surface area (Å²) in [5, 5.41) is 6.48. The largest absolute Gasteiger partial charge is 0.492 e. The van der Waals surface area contributed by atoms with Crippen LogP contribution >= 0.6 is 24.0 Å². The molecule has 0 unspecified atom stereocenters. The zero-order valence-electron chi connectivity index (χ0n) is 13.1. The Hall–Kier alpha value is -1.86. The van der Waals surface area contributed by atoms with E-state index in [1.807, 2.05) is 31.2 Å². The fourth-order valence-corrected chi connectivity index (χ4v) is 2.58. The third-order valence-electron chi connectivity index (χ3n) is 3.01. The van der Waals surface area contributed by atoms with Crippen molar-refractivity contribution in [2.45, 2.75) is 17.6 Å². The Balaban J connectivity index is 1.68. The molecule has 0 heterocycles. The van der Waals surface area contributed by atoms with Crippen LogP contribution in [0.1, 0.15) is 5.56 Å². The zero-order chi connectivity index (χ0) is 17.4. The van der Waals surface area contributed by atoms with Gasteiger partial charge in [0.05, 0.1) is 6.54 Å². The van der Waals surface area contributed by atoms with Crippen LogP contribution in [0.2, 0.25) is 0 Å². The summed E-state index contributed by atoms with van der Waals surface area (Å²) in [6, 6.07) is 14.5. The summed E-state index contributed by atoms with van der Waals surface area (Å²) >= 11 is 5.70. The van der Waals surface area contributed by atoms with E-state index >= 15 is 0 Å². The van der Waals surface area contributed by atoms with Gasteiger partial charge in [-0.3, -0.25) is 0 Å². The summed E-state index contributed by atoms with van der Waals surface area (Å²) in [7, 11) is 0. The highest BCUT2D eigenvalue weighted by atomic mass is 32.2. The van der Waals surface area contributed by atoms with E-state index in [9.17, 15) is 8.78 Å². The molecular formula is C17H18F2N2OS2. The molecule has 0 bridgehead atoms. The lowest BCUT2D eigenvalue weighted by Crippen LogP contribution is -2.31. The molecular weight excluding hydrogens is 350 g/mol. The number of hydrogen-bond acceptors (Lipinski definition) is 3. The third kappa shape index (κ3) is 6.72. The van der Waals surface area contributed by atoms with Crippen molar-refractivity contribution in [3.05, 3.63) is 54.1 Å². The van der Waals surface area contributed by atoms with Gasteiger partial charge in [-0.2, -0.15) is 8.78 Å². The van der Waals surface area contributed by atoms with Crippen LogP contribution < -0.4 is 15.4 Å². The first-order chi connectivity index (χ1) is 11.5. The van der Waals surface area contributed by atoms with Gasteiger partial charge in [0.25, 0.3) is 5.76 Å². The average Bonchev–Trinajstić information content (AvgIpc) is 2.55. The lowest BCUT2D eigenvalue weighted by atomic mass is 10.2. The van der Waals surface area contributed by atoms with E-state index in [-0.39, 0.29) is 0 Å². The van der Waals surface area contributed by atoms with Crippen LogP contribution in [-0.2, 0) is 0 Å². The first kappa shape index (κ1) is 18.5. The zero-order valence-corrected chi connectivity index (χ0v) is 14.7. The van der Waals surface area contributed by atoms with Crippen LogP contribution in [0.4, 0.5) is 14.5 Å². The van der Waals surface area contributed by atoms with Gasteiger partial charge in [0.1, 0.15) is 12.4 Å². The van der Waals surface area contributed by atoms with Crippen molar-refractivity contribution in [3.63, 3.8) is 0 Å². The van der Waals surface area contributed by atoms with Crippen molar-refractivity contribution in [2.24, 2.45) is 0 Å². The van der Waals surface area contributed by atoms with Crippen molar-refractivity contribution in [1.29, 1.82) is 0 Å². The molecule has 2 rings (SSSR count). The first-order valence-corrected chi connectivity index (χ1v) is 8.61. The van der Waals surface area contributed by atoms with Crippen molar-refractivity contribution >= 4 is 34.8 Å². The topological polar surface area (TPSA) is 33.3 Å². The Labute approximate surface area is 149 Å². The molecule has 2 N–H and O–H groups in total.